The monoisotopic (exact) mass is 360 g/mol. The third kappa shape index (κ3) is 3.19. The van der Waals surface area contributed by atoms with Gasteiger partial charge in [-0.15, -0.1) is 0 Å². The molecular weight excluding hydrogens is 351 g/mol. The standard InChI is InChI=1S/C11H10ClIN4/c1-6-4-10(17-11(14)15-6)16-9-3-2-7(13)5-8(9)12/h2-5H,1H3,(H3,14,15,16,17). The minimum atomic E-state index is 0.245. The van der Waals surface area contributed by atoms with Gasteiger partial charge in [0.05, 0.1) is 10.7 Å². The third-order valence-corrected chi connectivity index (χ3v) is 3.05. The molecule has 0 aliphatic heterocycles. The molecule has 2 rings (SSSR count). The first-order valence-corrected chi connectivity index (χ1v) is 6.33. The summed E-state index contributed by atoms with van der Waals surface area (Å²) in [6, 6.07) is 7.55. The molecule has 1 aromatic heterocycles. The fourth-order valence-electron chi connectivity index (χ4n) is 1.38. The van der Waals surface area contributed by atoms with E-state index in [1.54, 1.807) is 0 Å². The van der Waals surface area contributed by atoms with Crippen molar-refractivity contribution >= 4 is 51.6 Å². The average Bonchev–Trinajstić information content (AvgIpc) is 2.21. The van der Waals surface area contributed by atoms with Crippen LogP contribution in [0.5, 0.6) is 0 Å². The Hall–Kier alpha value is -1.08. The molecule has 88 valence electrons. The van der Waals surface area contributed by atoms with E-state index in [1.807, 2.05) is 31.2 Å². The molecule has 1 heterocycles. The molecule has 0 fully saturated rings. The molecule has 0 saturated carbocycles. The molecule has 0 amide bonds. The van der Waals surface area contributed by atoms with Gasteiger partial charge in [-0.1, -0.05) is 11.6 Å². The summed E-state index contributed by atoms with van der Waals surface area (Å²) in [5.74, 6) is 0.882. The van der Waals surface area contributed by atoms with Gasteiger partial charge in [-0.2, -0.15) is 4.98 Å². The Labute approximate surface area is 118 Å². The van der Waals surface area contributed by atoms with E-state index in [2.05, 4.69) is 37.9 Å². The zero-order valence-electron chi connectivity index (χ0n) is 9.04. The lowest BCUT2D eigenvalue weighted by Crippen LogP contribution is -2.01. The van der Waals surface area contributed by atoms with Crippen LogP contribution in [0, 0.1) is 10.5 Å². The fourth-order valence-corrected chi connectivity index (χ4v) is 2.29. The number of nitrogen functional groups attached to an aromatic ring is 1. The maximum absolute atomic E-state index is 6.12. The van der Waals surface area contributed by atoms with E-state index >= 15 is 0 Å². The molecule has 3 N–H and O–H groups in total. The smallest absolute Gasteiger partial charge is 0.222 e. The second-order valence-electron chi connectivity index (χ2n) is 3.50. The van der Waals surface area contributed by atoms with Crippen LogP contribution in [0.2, 0.25) is 5.02 Å². The predicted molar refractivity (Wildman–Crippen MR) is 78.6 cm³/mol. The van der Waals surface area contributed by atoms with Crippen LogP contribution in [0.15, 0.2) is 24.3 Å². The number of benzene rings is 1. The number of nitrogens with two attached hydrogens (primary N) is 1. The van der Waals surface area contributed by atoms with Crippen LogP contribution in [-0.2, 0) is 0 Å². The van der Waals surface area contributed by atoms with Gasteiger partial charge in [0.2, 0.25) is 5.95 Å². The number of rotatable bonds is 2. The van der Waals surface area contributed by atoms with E-state index in [9.17, 15) is 0 Å². The van der Waals surface area contributed by atoms with Gasteiger partial charge in [0.1, 0.15) is 5.82 Å². The summed E-state index contributed by atoms with van der Waals surface area (Å²) in [5.41, 5.74) is 7.18. The molecule has 1 aromatic carbocycles. The number of hydrogen-bond donors (Lipinski definition) is 2. The SMILES string of the molecule is Cc1cc(Nc2ccc(I)cc2Cl)nc(N)n1. The summed E-state index contributed by atoms with van der Waals surface area (Å²) in [7, 11) is 0. The Morgan fingerprint density at radius 3 is 2.71 bits per heavy atom. The molecule has 17 heavy (non-hydrogen) atoms. The lowest BCUT2D eigenvalue weighted by atomic mass is 10.3. The summed E-state index contributed by atoms with van der Waals surface area (Å²) in [6.07, 6.45) is 0. The Morgan fingerprint density at radius 2 is 2.06 bits per heavy atom. The molecule has 0 aliphatic carbocycles. The van der Waals surface area contributed by atoms with Crippen LogP contribution in [-0.4, -0.2) is 9.97 Å². The molecule has 0 saturated heterocycles. The quantitative estimate of drug-likeness (QED) is 0.806. The van der Waals surface area contributed by atoms with E-state index in [4.69, 9.17) is 17.3 Å². The number of halogens is 2. The Balaban J connectivity index is 2.31. The molecule has 4 nitrogen and oxygen atoms in total. The highest BCUT2D eigenvalue weighted by Gasteiger charge is 2.04. The van der Waals surface area contributed by atoms with Gasteiger partial charge in [-0.05, 0) is 47.7 Å². The minimum Gasteiger partial charge on any atom is -0.368 e. The maximum atomic E-state index is 6.12. The van der Waals surface area contributed by atoms with Crippen LogP contribution in [0.4, 0.5) is 17.5 Å². The van der Waals surface area contributed by atoms with Crippen molar-refractivity contribution in [1.29, 1.82) is 0 Å². The first kappa shape index (κ1) is 12.4. The van der Waals surface area contributed by atoms with Gasteiger partial charge < -0.3 is 11.1 Å². The van der Waals surface area contributed by atoms with Crippen molar-refractivity contribution < 1.29 is 0 Å². The molecule has 0 aliphatic rings. The van der Waals surface area contributed by atoms with Gasteiger partial charge in [0.25, 0.3) is 0 Å². The predicted octanol–water partition coefficient (Wildman–Crippen LogP) is 3.37. The summed E-state index contributed by atoms with van der Waals surface area (Å²) in [5, 5.41) is 3.76. The number of aryl methyl sites for hydroxylation is 1. The summed E-state index contributed by atoms with van der Waals surface area (Å²) in [6.45, 7) is 1.86. The topological polar surface area (TPSA) is 63.8 Å². The van der Waals surface area contributed by atoms with Crippen molar-refractivity contribution in [3.05, 3.63) is 38.6 Å². The Morgan fingerprint density at radius 1 is 1.29 bits per heavy atom. The highest BCUT2D eigenvalue weighted by atomic mass is 127. The zero-order valence-corrected chi connectivity index (χ0v) is 12.0. The van der Waals surface area contributed by atoms with Crippen molar-refractivity contribution in [2.75, 3.05) is 11.1 Å². The molecule has 0 atom stereocenters. The fraction of sp³-hybridized carbons (Fsp3) is 0.0909. The Bertz CT molecular complexity index is 539. The highest BCUT2D eigenvalue weighted by Crippen LogP contribution is 2.26. The van der Waals surface area contributed by atoms with Crippen LogP contribution in [0.1, 0.15) is 5.69 Å². The van der Waals surface area contributed by atoms with Crippen LogP contribution >= 0.6 is 34.2 Å². The first-order valence-electron chi connectivity index (χ1n) is 4.88. The molecule has 0 bridgehead atoms. The van der Waals surface area contributed by atoms with Crippen LogP contribution < -0.4 is 11.1 Å². The van der Waals surface area contributed by atoms with Gasteiger partial charge in [0.15, 0.2) is 0 Å². The van der Waals surface area contributed by atoms with Crippen LogP contribution in [0.25, 0.3) is 0 Å². The largest absolute Gasteiger partial charge is 0.368 e. The lowest BCUT2D eigenvalue weighted by Gasteiger charge is -2.08. The van der Waals surface area contributed by atoms with Crippen molar-refractivity contribution in [2.45, 2.75) is 6.92 Å². The van der Waals surface area contributed by atoms with E-state index in [0.29, 0.717) is 10.8 Å². The van der Waals surface area contributed by atoms with Crippen molar-refractivity contribution in [1.82, 2.24) is 9.97 Å². The number of hydrogen-bond acceptors (Lipinski definition) is 4. The van der Waals surface area contributed by atoms with Gasteiger partial charge >= 0.3 is 0 Å². The second-order valence-corrected chi connectivity index (χ2v) is 5.15. The lowest BCUT2D eigenvalue weighted by molar-refractivity contribution is 1.12. The Kier molecular flexibility index (Phi) is 3.68. The molecule has 0 radical (unpaired) electrons. The van der Waals surface area contributed by atoms with Gasteiger partial charge in [-0.3, -0.25) is 0 Å². The van der Waals surface area contributed by atoms with Crippen molar-refractivity contribution in [2.24, 2.45) is 0 Å². The van der Waals surface area contributed by atoms with Crippen molar-refractivity contribution in [3.63, 3.8) is 0 Å². The van der Waals surface area contributed by atoms with E-state index in [-0.39, 0.29) is 5.95 Å². The van der Waals surface area contributed by atoms with Gasteiger partial charge in [0, 0.05) is 15.3 Å². The molecule has 2 aromatic rings. The zero-order chi connectivity index (χ0) is 12.4. The summed E-state index contributed by atoms with van der Waals surface area (Å²) >= 11 is 8.32. The van der Waals surface area contributed by atoms with Crippen LogP contribution in [0.3, 0.4) is 0 Å². The highest BCUT2D eigenvalue weighted by molar-refractivity contribution is 14.1. The normalized spacial score (nSPS) is 10.3. The minimum absolute atomic E-state index is 0.245. The van der Waals surface area contributed by atoms with E-state index in [1.165, 1.54) is 0 Å². The molecule has 0 unspecified atom stereocenters. The molecular formula is C11H10ClIN4. The number of anilines is 3. The second kappa shape index (κ2) is 5.05. The van der Waals surface area contributed by atoms with E-state index < -0.39 is 0 Å². The summed E-state index contributed by atoms with van der Waals surface area (Å²) in [4.78, 5) is 8.09. The average molecular weight is 361 g/mol. The number of nitrogens with zero attached hydrogens (tertiary/aromatic N) is 2. The summed E-state index contributed by atoms with van der Waals surface area (Å²) < 4.78 is 1.08. The molecule has 6 heteroatoms. The van der Waals surface area contributed by atoms with Crippen molar-refractivity contribution in [3.8, 4) is 0 Å². The molecule has 0 spiro atoms. The first-order chi connectivity index (χ1) is 8.04. The number of aromatic nitrogens is 2. The van der Waals surface area contributed by atoms with E-state index in [0.717, 1.165) is 15.0 Å². The van der Waals surface area contributed by atoms with Gasteiger partial charge in [-0.25, -0.2) is 4.98 Å². The number of nitrogens with one attached hydrogen (secondary N) is 1. The maximum Gasteiger partial charge on any atom is 0.222 e. The third-order valence-electron chi connectivity index (χ3n) is 2.07.